The Labute approximate surface area is 77.8 Å². The molecule has 72 valence electrons. The standard InChI is InChI=1S/C7H7N5O2/c1-4(13)2-12-3-8-5-6(12)9-11-10-7(5)14/h3H,2H2,1H3,(H,9,10,14). The minimum atomic E-state index is -0.405. The SMILES string of the molecule is CC(=O)Cn1cnc2c(=O)[nH]nnc21. The van der Waals surface area contributed by atoms with Crippen LogP contribution in [0.3, 0.4) is 0 Å². The minimum absolute atomic E-state index is 0.0358. The van der Waals surface area contributed by atoms with Gasteiger partial charge in [-0.3, -0.25) is 9.59 Å². The Morgan fingerprint density at radius 1 is 1.64 bits per heavy atom. The topological polar surface area (TPSA) is 93.5 Å². The first-order valence-corrected chi connectivity index (χ1v) is 3.94. The number of nitrogens with one attached hydrogen (secondary N) is 1. The first kappa shape index (κ1) is 8.54. The Morgan fingerprint density at radius 2 is 2.43 bits per heavy atom. The molecule has 1 N–H and O–H groups in total. The lowest BCUT2D eigenvalue weighted by Crippen LogP contribution is -2.12. The van der Waals surface area contributed by atoms with Gasteiger partial charge in [0, 0.05) is 0 Å². The van der Waals surface area contributed by atoms with Gasteiger partial charge in [0.1, 0.15) is 5.78 Å². The van der Waals surface area contributed by atoms with Crippen molar-refractivity contribution in [2.75, 3.05) is 0 Å². The molecular formula is C7H7N5O2. The second kappa shape index (κ2) is 3.02. The fourth-order valence-corrected chi connectivity index (χ4v) is 1.17. The maximum absolute atomic E-state index is 11.2. The molecule has 0 radical (unpaired) electrons. The first-order valence-electron chi connectivity index (χ1n) is 3.94. The number of Topliss-reactive ketones (excluding diaryl/α,β-unsaturated/α-hetero) is 1. The van der Waals surface area contributed by atoms with E-state index in [-0.39, 0.29) is 17.8 Å². The number of fused-ring (bicyclic) bond motifs is 1. The van der Waals surface area contributed by atoms with E-state index >= 15 is 0 Å². The molecule has 0 saturated carbocycles. The number of imidazole rings is 1. The Balaban J connectivity index is 2.64. The molecule has 0 aromatic carbocycles. The largest absolute Gasteiger partial charge is 0.306 e. The molecule has 14 heavy (non-hydrogen) atoms. The van der Waals surface area contributed by atoms with Crippen LogP contribution in [0.2, 0.25) is 0 Å². The molecule has 0 amide bonds. The summed E-state index contributed by atoms with van der Waals surface area (Å²) in [6.45, 7) is 1.60. The van der Waals surface area contributed by atoms with Crippen molar-refractivity contribution in [1.29, 1.82) is 0 Å². The second-order valence-corrected chi connectivity index (χ2v) is 2.89. The quantitative estimate of drug-likeness (QED) is 0.667. The zero-order valence-corrected chi connectivity index (χ0v) is 7.39. The van der Waals surface area contributed by atoms with Crippen LogP contribution in [0.15, 0.2) is 11.1 Å². The minimum Gasteiger partial charge on any atom is -0.306 e. The molecule has 0 aliphatic rings. The average molecular weight is 193 g/mol. The number of aromatic amines is 1. The molecule has 0 spiro atoms. The summed E-state index contributed by atoms with van der Waals surface area (Å²) in [6, 6.07) is 0. The monoisotopic (exact) mass is 193 g/mol. The van der Waals surface area contributed by atoms with Crippen molar-refractivity contribution >= 4 is 16.9 Å². The van der Waals surface area contributed by atoms with Crippen molar-refractivity contribution in [3.63, 3.8) is 0 Å². The lowest BCUT2D eigenvalue weighted by molar-refractivity contribution is -0.117. The van der Waals surface area contributed by atoms with Gasteiger partial charge in [-0.25, -0.2) is 10.1 Å². The van der Waals surface area contributed by atoms with E-state index in [0.29, 0.717) is 5.65 Å². The highest BCUT2D eigenvalue weighted by Gasteiger charge is 2.08. The fraction of sp³-hybridized carbons (Fsp3) is 0.286. The van der Waals surface area contributed by atoms with Gasteiger partial charge in [0.2, 0.25) is 0 Å². The van der Waals surface area contributed by atoms with Crippen LogP contribution in [-0.4, -0.2) is 30.7 Å². The van der Waals surface area contributed by atoms with E-state index in [2.05, 4.69) is 20.4 Å². The van der Waals surface area contributed by atoms with Crippen molar-refractivity contribution in [1.82, 2.24) is 25.0 Å². The Morgan fingerprint density at radius 3 is 3.14 bits per heavy atom. The van der Waals surface area contributed by atoms with Gasteiger partial charge in [0.25, 0.3) is 5.56 Å². The number of ketones is 1. The predicted octanol–water partition coefficient (Wildman–Crippen LogP) is -0.896. The maximum Gasteiger partial charge on any atom is 0.295 e. The van der Waals surface area contributed by atoms with Crippen LogP contribution in [-0.2, 0) is 11.3 Å². The van der Waals surface area contributed by atoms with E-state index in [1.165, 1.54) is 17.8 Å². The number of carbonyl (C=O) groups excluding carboxylic acids is 1. The van der Waals surface area contributed by atoms with Crippen LogP contribution in [0.4, 0.5) is 0 Å². The van der Waals surface area contributed by atoms with Gasteiger partial charge in [-0.05, 0) is 6.92 Å². The van der Waals surface area contributed by atoms with Gasteiger partial charge in [0.15, 0.2) is 11.2 Å². The number of H-pyrrole nitrogens is 1. The van der Waals surface area contributed by atoms with E-state index in [1.807, 2.05) is 0 Å². The maximum atomic E-state index is 11.2. The third-order valence-corrected chi connectivity index (χ3v) is 1.71. The third-order valence-electron chi connectivity index (χ3n) is 1.71. The van der Waals surface area contributed by atoms with E-state index < -0.39 is 5.56 Å². The molecule has 0 aliphatic heterocycles. The van der Waals surface area contributed by atoms with Gasteiger partial charge < -0.3 is 4.57 Å². The van der Waals surface area contributed by atoms with E-state index in [1.54, 1.807) is 0 Å². The summed E-state index contributed by atoms with van der Waals surface area (Å²) in [5.41, 5.74) is 0.113. The van der Waals surface area contributed by atoms with Crippen molar-refractivity contribution in [2.45, 2.75) is 13.5 Å². The lowest BCUT2D eigenvalue weighted by Gasteiger charge is -1.96. The van der Waals surface area contributed by atoms with Crippen molar-refractivity contribution in [2.24, 2.45) is 0 Å². The van der Waals surface area contributed by atoms with Crippen LogP contribution in [0.1, 0.15) is 6.92 Å². The number of carbonyl (C=O) groups is 1. The number of nitrogens with zero attached hydrogens (tertiary/aromatic N) is 4. The Bertz CT molecular complexity index is 540. The zero-order chi connectivity index (χ0) is 10.1. The number of aromatic nitrogens is 5. The summed E-state index contributed by atoms with van der Waals surface area (Å²) < 4.78 is 1.49. The number of hydrogen-bond acceptors (Lipinski definition) is 5. The van der Waals surface area contributed by atoms with Gasteiger partial charge in [-0.1, -0.05) is 5.21 Å². The molecule has 7 nitrogen and oxygen atoms in total. The summed E-state index contributed by atoms with van der Waals surface area (Å²) in [5, 5.41) is 9.25. The Kier molecular flexibility index (Phi) is 1.84. The van der Waals surface area contributed by atoms with Gasteiger partial charge in [0.05, 0.1) is 12.9 Å². The molecule has 0 aliphatic carbocycles. The molecule has 2 heterocycles. The lowest BCUT2D eigenvalue weighted by atomic mass is 10.4. The van der Waals surface area contributed by atoms with Crippen LogP contribution in [0.25, 0.3) is 11.2 Å². The van der Waals surface area contributed by atoms with Gasteiger partial charge in [-0.15, -0.1) is 5.10 Å². The molecule has 0 saturated heterocycles. The smallest absolute Gasteiger partial charge is 0.295 e. The molecule has 0 fully saturated rings. The van der Waals surface area contributed by atoms with E-state index in [0.717, 1.165) is 0 Å². The molecule has 2 aromatic heterocycles. The first-order chi connectivity index (χ1) is 6.68. The summed E-state index contributed by atoms with van der Waals surface area (Å²) in [4.78, 5) is 25.9. The molecule has 0 unspecified atom stereocenters. The highest BCUT2D eigenvalue weighted by atomic mass is 16.1. The van der Waals surface area contributed by atoms with Crippen molar-refractivity contribution in [3.8, 4) is 0 Å². The van der Waals surface area contributed by atoms with Gasteiger partial charge in [-0.2, -0.15) is 0 Å². The Hall–Kier alpha value is -2.05. The highest BCUT2D eigenvalue weighted by molar-refractivity contribution is 5.77. The molecule has 2 aromatic rings. The summed E-state index contributed by atoms with van der Waals surface area (Å²) >= 11 is 0. The molecular weight excluding hydrogens is 186 g/mol. The van der Waals surface area contributed by atoms with Crippen LogP contribution in [0, 0.1) is 0 Å². The van der Waals surface area contributed by atoms with Crippen molar-refractivity contribution < 1.29 is 4.79 Å². The van der Waals surface area contributed by atoms with E-state index in [9.17, 15) is 9.59 Å². The fourth-order valence-electron chi connectivity index (χ4n) is 1.17. The average Bonchev–Trinajstić information content (AvgIpc) is 2.49. The third kappa shape index (κ3) is 1.28. The molecule has 7 heteroatoms. The molecule has 0 atom stereocenters. The number of rotatable bonds is 2. The normalized spacial score (nSPS) is 10.6. The number of hydrogen-bond donors (Lipinski definition) is 1. The van der Waals surface area contributed by atoms with Gasteiger partial charge >= 0.3 is 0 Å². The summed E-state index contributed by atoms with van der Waals surface area (Å²) in [5.74, 6) is -0.0358. The summed E-state index contributed by atoms with van der Waals surface area (Å²) in [6.07, 6.45) is 1.40. The zero-order valence-electron chi connectivity index (χ0n) is 7.39. The predicted molar refractivity (Wildman–Crippen MR) is 46.6 cm³/mol. The van der Waals surface area contributed by atoms with Crippen LogP contribution >= 0.6 is 0 Å². The molecule has 2 rings (SSSR count). The van der Waals surface area contributed by atoms with Crippen molar-refractivity contribution in [3.05, 3.63) is 16.7 Å². The highest BCUT2D eigenvalue weighted by Crippen LogP contribution is 2.02. The second-order valence-electron chi connectivity index (χ2n) is 2.89. The van der Waals surface area contributed by atoms with E-state index in [4.69, 9.17) is 0 Å². The summed E-state index contributed by atoms with van der Waals surface area (Å²) in [7, 11) is 0. The van der Waals surface area contributed by atoms with Crippen LogP contribution in [0.5, 0.6) is 0 Å². The molecule has 0 bridgehead atoms. The van der Waals surface area contributed by atoms with Crippen LogP contribution < -0.4 is 5.56 Å².